The van der Waals surface area contributed by atoms with Gasteiger partial charge < -0.3 is 4.89 Å². The molecule has 21 heavy (non-hydrogen) atoms. The fourth-order valence-corrected chi connectivity index (χ4v) is 6.78. The predicted molar refractivity (Wildman–Crippen MR) is 97.4 cm³/mol. The first-order valence-corrected chi connectivity index (χ1v) is 12.9. The number of hydrogen-bond acceptors (Lipinski definition) is 3. The molecular weight excluding hydrogens is 306 g/mol. The number of phosphoric acid groups is 1. The summed E-state index contributed by atoms with van der Waals surface area (Å²) in [6.07, 6.45) is 13.4. The molecule has 0 heterocycles. The van der Waals surface area contributed by atoms with E-state index in [0.29, 0.717) is 0 Å². The van der Waals surface area contributed by atoms with Crippen LogP contribution in [-0.2, 0) is 13.6 Å². The molecule has 0 bridgehead atoms. The molecule has 4 nitrogen and oxygen atoms in total. The minimum absolute atomic E-state index is 0.812. The van der Waals surface area contributed by atoms with E-state index in [1.165, 1.54) is 38.5 Å². The zero-order valence-corrected chi connectivity index (χ0v) is 16.9. The minimum Gasteiger partial charge on any atom is -0.303 e. The van der Waals surface area contributed by atoms with Crippen molar-refractivity contribution in [3.8, 4) is 0 Å². The summed E-state index contributed by atoms with van der Waals surface area (Å²) in [5.41, 5.74) is 0. The first kappa shape index (κ1) is 23.8. The zero-order chi connectivity index (χ0) is 16.8. The predicted octanol–water partition coefficient (Wildman–Crippen LogP) is 5.15. The second kappa shape index (κ2) is 14.2. The normalized spacial score (nSPS) is 12.7. The third-order valence-electron chi connectivity index (χ3n) is 3.86. The van der Waals surface area contributed by atoms with Crippen LogP contribution in [0, 0.1) is 0 Å². The molecule has 0 spiro atoms. The number of rotatable bonds is 11. The smallest absolute Gasteiger partial charge is 0.303 e. The third kappa shape index (κ3) is 15.2. The van der Waals surface area contributed by atoms with Crippen molar-refractivity contribution in [2.75, 3.05) is 39.4 Å². The standard InChI is InChI=1S/C13H31P.C2H7O4P/c1-5-8-11-14(4,12-9-6-2)13-10-7-3;1-5-7(3,4)6-2/h14H,5-13H2,1-4H3;1-2H3,(H,3,4). The minimum atomic E-state index is -3.65. The van der Waals surface area contributed by atoms with E-state index >= 15 is 0 Å². The summed E-state index contributed by atoms with van der Waals surface area (Å²) in [6, 6.07) is 0. The summed E-state index contributed by atoms with van der Waals surface area (Å²) in [5, 5.41) is 0. The van der Waals surface area contributed by atoms with Crippen LogP contribution in [-0.4, -0.2) is 44.3 Å². The number of phosphoric ester groups is 1. The molecule has 0 saturated carbocycles. The fourth-order valence-electron chi connectivity index (χ4n) is 2.26. The van der Waals surface area contributed by atoms with Crippen molar-refractivity contribution >= 4 is 15.1 Å². The Hall–Kier alpha value is 0.540. The van der Waals surface area contributed by atoms with Gasteiger partial charge in [0, 0.05) is 14.2 Å². The summed E-state index contributed by atoms with van der Waals surface area (Å²) in [4.78, 5) is 8.24. The van der Waals surface area contributed by atoms with Gasteiger partial charge in [0.2, 0.25) is 0 Å². The first-order chi connectivity index (χ1) is 9.80. The molecule has 0 rings (SSSR count). The van der Waals surface area contributed by atoms with E-state index in [9.17, 15) is 4.57 Å². The molecule has 0 amide bonds. The van der Waals surface area contributed by atoms with Gasteiger partial charge in [0.15, 0.2) is 0 Å². The molecular formula is C15H38O4P2. The Labute approximate surface area is 133 Å². The maximum Gasteiger partial charge on any atom is 0.471 e. The second-order valence-corrected chi connectivity index (χ2v) is 12.7. The summed E-state index contributed by atoms with van der Waals surface area (Å²) in [7, 11) is -2.26. The Morgan fingerprint density at radius 1 is 0.857 bits per heavy atom. The van der Waals surface area contributed by atoms with Crippen LogP contribution in [0.15, 0.2) is 0 Å². The maximum absolute atomic E-state index is 10.1. The van der Waals surface area contributed by atoms with Crippen molar-refractivity contribution in [3.05, 3.63) is 0 Å². The Bertz CT molecular complexity index is 243. The van der Waals surface area contributed by atoms with Crippen molar-refractivity contribution in [2.45, 2.75) is 59.3 Å². The van der Waals surface area contributed by atoms with Crippen molar-refractivity contribution in [1.29, 1.82) is 0 Å². The van der Waals surface area contributed by atoms with Gasteiger partial charge in [0.1, 0.15) is 0 Å². The van der Waals surface area contributed by atoms with E-state index in [1.807, 2.05) is 0 Å². The van der Waals surface area contributed by atoms with Crippen LogP contribution in [0.2, 0.25) is 0 Å². The maximum atomic E-state index is 10.1. The molecule has 0 aromatic carbocycles. The Morgan fingerprint density at radius 3 is 1.29 bits per heavy atom. The van der Waals surface area contributed by atoms with Crippen LogP contribution in [0.25, 0.3) is 0 Å². The average Bonchev–Trinajstić information content (AvgIpc) is 2.50. The van der Waals surface area contributed by atoms with Crippen molar-refractivity contribution in [3.63, 3.8) is 0 Å². The molecule has 0 aromatic heterocycles. The summed E-state index contributed by atoms with van der Waals surface area (Å²) < 4.78 is 18.0. The van der Waals surface area contributed by atoms with E-state index in [0.717, 1.165) is 14.2 Å². The largest absolute Gasteiger partial charge is 0.471 e. The van der Waals surface area contributed by atoms with E-state index < -0.39 is 15.1 Å². The van der Waals surface area contributed by atoms with Gasteiger partial charge >= 0.3 is 99.5 Å². The SMILES string of the molecule is CCCC[PH](C)(CCCC)CCCC.COP(=O)(O)OC. The Morgan fingerprint density at radius 2 is 1.14 bits per heavy atom. The van der Waals surface area contributed by atoms with E-state index in [1.54, 1.807) is 18.5 Å². The molecule has 0 atom stereocenters. The van der Waals surface area contributed by atoms with Gasteiger partial charge in [-0.2, -0.15) is 0 Å². The summed E-state index contributed by atoms with van der Waals surface area (Å²) in [5.74, 6) is 0. The molecule has 0 radical (unpaired) electrons. The molecule has 0 saturated heterocycles. The van der Waals surface area contributed by atoms with Crippen LogP contribution >= 0.6 is 15.1 Å². The zero-order valence-electron chi connectivity index (χ0n) is 15.0. The molecule has 0 aliphatic rings. The van der Waals surface area contributed by atoms with Crippen molar-refractivity contribution < 1.29 is 18.5 Å². The van der Waals surface area contributed by atoms with Crippen LogP contribution in [0.3, 0.4) is 0 Å². The molecule has 0 aromatic rings. The van der Waals surface area contributed by atoms with E-state index in [-0.39, 0.29) is 0 Å². The Balaban J connectivity index is 0. The summed E-state index contributed by atoms with van der Waals surface area (Å²) >= 11 is 0. The van der Waals surface area contributed by atoms with Gasteiger partial charge in [0.05, 0.1) is 0 Å². The average molecular weight is 344 g/mol. The first-order valence-electron chi connectivity index (χ1n) is 8.25. The monoisotopic (exact) mass is 344 g/mol. The van der Waals surface area contributed by atoms with Crippen LogP contribution < -0.4 is 0 Å². The van der Waals surface area contributed by atoms with Crippen LogP contribution in [0.4, 0.5) is 0 Å². The van der Waals surface area contributed by atoms with Gasteiger partial charge in [-0.05, 0) is 0 Å². The molecule has 0 fully saturated rings. The number of unbranched alkanes of at least 4 members (excludes halogenated alkanes) is 3. The van der Waals surface area contributed by atoms with Gasteiger partial charge in [-0.25, -0.2) is 4.57 Å². The van der Waals surface area contributed by atoms with E-state index in [4.69, 9.17) is 4.89 Å². The van der Waals surface area contributed by atoms with Gasteiger partial charge in [0.25, 0.3) is 0 Å². The fraction of sp³-hybridized carbons (Fsp3) is 1.00. The topological polar surface area (TPSA) is 55.8 Å². The Kier molecular flexibility index (Phi) is 16.0. The van der Waals surface area contributed by atoms with Gasteiger partial charge in [-0.1, -0.05) is 0 Å². The molecule has 0 unspecified atom stereocenters. The van der Waals surface area contributed by atoms with Crippen molar-refractivity contribution in [1.82, 2.24) is 0 Å². The summed E-state index contributed by atoms with van der Waals surface area (Å²) in [6.45, 7) is 9.63. The molecule has 1 N–H and O–H groups in total. The van der Waals surface area contributed by atoms with E-state index in [2.05, 4.69) is 36.5 Å². The molecule has 132 valence electrons. The third-order valence-corrected chi connectivity index (χ3v) is 9.47. The number of hydrogen-bond donors (Lipinski definition) is 1. The molecule has 6 heteroatoms. The quantitative estimate of drug-likeness (QED) is 0.527. The molecule has 0 aliphatic heterocycles. The van der Waals surface area contributed by atoms with Crippen LogP contribution in [0.5, 0.6) is 0 Å². The van der Waals surface area contributed by atoms with Crippen molar-refractivity contribution in [2.24, 2.45) is 0 Å². The van der Waals surface area contributed by atoms with Gasteiger partial charge in [-0.3, -0.25) is 9.05 Å². The molecule has 0 aliphatic carbocycles. The second-order valence-electron chi connectivity index (χ2n) is 5.96. The van der Waals surface area contributed by atoms with Crippen LogP contribution in [0.1, 0.15) is 59.3 Å². The van der Waals surface area contributed by atoms with Gasteiger partial charge in [-0.15, -0.1) is 0 Å².